The maximum atomic E-state index is 14.0. The number of hydrogen-bond acceptors (Lipinski definition) is 7. The molecular weight excluding hydrogens is 507 g/mol. The van der Waals surface area contributed by atoms with Crippen molar-refractivity contribution in [3.8, 4) is 6.07 Å². The van der Waals surface area contributed by atoms with Gasteiger partial charge in [0.05, 0.1) is 16.5 Å². The fourth-order valence-corrected chi connectivity index (χ4v) is 6.01. The van der Waals surface area contributed by atoms with E-state index in [1.807, 2.05) is 35.8 Å². The summed E-state index contributed by atoms with van der Waals surface area (Å²) in [5, 5.41) is 29.4. The van der Waals surface area contributed by atoms with Crippen molar-refractivity contribution in [2.45, 2.75) is 25.4 Å². The van der Waals surface area contributed by atoms with Gasteiger partial charge in [-0.3, -0.25) is 9.78 Å². The summed E-state index contributed by atoms with van der Waals surface area (Å²) in [6, 6.07) is 14.9. The Hall–Kier alpha value is -3.61. The Kier molecular flexibility index (Phi) is 7.03. The Morgan fingerprint density at radius 3 is 2.34 bits per heavy atom. The summed E-state index contributed by atoms with van der Waals surface area (Å²) in [6.07, 6.45) is 1.58. The third-order valence-corrected chi connectivity index (χ3v) is 8.19. The number of nitriles is 1. The van der Waals surface area contributed by atoms with E-state index in [-0.39, 0.29) is 35.2 Å². The first kappa shape index (κ1) is 26.0. The molecule has 2 aromatic heterocycles. The molecule has 2 aliphatic heterocycles. The van der Waals surface area contributed by atoms with Crippen molar-refractivity contribution in [3.63, 3.8) is 0 Å². The fourth-order valence-electron chi connectivity index (χ4n) is 5.90. The maximum Gasteiger partial charge on any atom is 0.228 e. The molecule has 0 saturated carbocycles. The van der Waals surface area contributed by atoms with Gasteiger partial charge in [0.2, 0.25) is 5.91 Å². The Morgan fingerprint density at radius 2 is 1.76 bits per heavy atom. The van der Waals surface area contributed by atoms with Gasteiger partial charge in [-0.15, -0.1) is 10.2 Å². The summed E-state index contributed by atoms with van der Waals surface area (Å²) >= 11 is 6.07. The number of rotatable bonds is 4. The van der Waals surface area contributed by atoms with Crippen LogP contribution in [0.2, 0.25) is 5.02 Å². The first-order chi connectivity index (χ1) is 18.2. The van der Waals surface area contributed by atoms with Gasteiger partial charge in [-0.1, -0.05) is 37.6 Å². The number of amides is 1. The van der Waals surface area contributed by atoms with Crippen molar-refractivity contribution >= 4 is 23.3 Å². The summed E-state index contributed by atoms with van der Waals surface area (Å²) in [4.78, 5) is 22.4. The Bertz CT molecular complexity index is 1330. The van der Waals surface area contributed by atoms with Crippen LogP contribution in [0.1, 0.15) is 36.7 Å². The average Bonchev–Trinajstić information content (AvgIpc) is 3.37. The molecule has 4 heterocycles. The Labute approximate surface area is 225 Å². The van der Waals surface area contributed by atoms with Gasteiger partial charge < -0.3 is 14.9 Å². The van der Waals surface area contributed by atoms with Crippen LogP contribution in [0.25, 0.3) is 0 Å². The van der Waals surface area contributed by atoms with Crippen LogP contribution in [0.3, 0.4) is 0 Å². The van der Waals surface area contributed by atoms with Crippen molar-refractivity contribution < 1.29 is 14.3 Å². The topological polar surface area (TPSA) is 106 Å². The van der Waals surface area contributed by atoms with Crippen LogP contribution in [0.5, 0.6) is 0 Å². The first-order valence-electron chi connectivity index (χ1n) is 12.6. The van der Waals surface area contributed by atoms with Crippen LogP contribution in [-0.2, 0) is 10.4 Å². The smallest absolute Gasteiger partial charge is 0.228 e. The zero-order valence-corrected chi connectivity index (χ0v) is 21.9. The molecule has 1 amide bonds. The Morgan fingerprint density at radius 1 is 1.05 bits per heavy atom. The lowest BCUT2D eigenvalue weighted by Crippen LogP contribution is -2.57. The molecule has 0 aliphatic carbocycles. The van der Waals surface area contributed by atoms with Crippen LogP contribution in [0.15, 0.2) is 54.7 Å². The fraction of sp³-hybridized carbons (Fsp3) is 0.393. The van der Waals surface area contributed by atoms with E-state index in [0.29, 0.717) is 42.6 Å². The lowest BCUT2D eigenvalue weighted by atomic mass is 9.70. The SMILES string of the molecule is C[C@@H]1CN(C(=O)[C@H]2CN(c3ccc(C#N)nn3)C[C@H]2c2ccc(Cl)cn2)C[C@H](C)C1(O)c1ccc(F)cc1. The monoisotopic (exact) mass is 534 g/mol. The number of aromatic nitrogens is 3. The number of aliphatic hydroxyl groups is 1. The lowest BCUT2D eigenvalue weighted by molar-refractivity contribution is -0.152. The molecule has 5 atom stereocenters. The zero-order chi connectivity index (χ0) is 27.0. The van der Waals surface area contributed by atoms with Gasteiger partial charge >= 0.3 is 0 Å². The quantitative estimate of drug-likeness (QED) is 0.543. The van der Waals surface area contributed by atoms with E-state index in [0.717, 1.165) is 5.69 Å². The molecule has 1 N–H and O–H groups in total. The zero-order valence-electron chi connectivity index (χ0n) is 21.1. The summed E-state index contributed by atoms with van der Waals surface area (Å²) in [5.41, 5.74) is 0.460. The highest BCUT2D eigenvalue weighted by molar-refractivity contribution is 6.30. The molecule has 3 aromatic rings. The second kappa shape index (κ2) is 10.3. The van der Waals surface area contributed by atoms with E-state index in [4.69, 9.17) is 16.9 Å². The van der Waals surface area contributed by atoms with Crippen LogP contribution >= 0.6 is 11.6 Å². The second-order valence-corrected chi connectivity index (χ2v) is 10.7. The predicted molar refractivity (Wildman–Crippen MR) is 140 cm³/mol. The minimum atomic E-state index is -1.18. The van der Waals surface area contributed by atoms with E-state index in [1.54, 1.807) is 36.5 Å². The molecule has 2 fully saturated rings. The number of nitrogens with zero attached hydrogens (tertiary/aromatic N) is 6. The number of pyridine rings is 1. The lowest BCUT2D eigenvalue weighted by Gasteiger charge is -2.48. The standard InChI is InChI=1S/C28H28ClFN6O2/c1-17-13-36(14-18(2)28(17,38)19-3-6-21(30)7-4-19)27(37)24-16-35(26-10-8-22(11-31)33-34-26)15-23(24)25-9-5-20(29)12-32-25/h3-10,12,17-18,23-24,38H,13-16H2,1-2H3/t17-,18+,23-,24+,28?/m1/s1. The van der Waals surface area contributed by atoms with E-state index in [2.05, 4.69) is 15.2 Å². The van der Waals surface area contributed by atoms with E-state index in [1.165, 1.54) is 12.1 Å². The molecule has 2 saturated heterocycles. The van der Waals surface area contributed by atoms with Crippen molar-refractivity contribution in [1.82, 2.24) is 20.1 Å². The third kappa shape index (κ3) is 4.70. The highest BCUT2D eigenvalue weighted by atomic mass is 35.5. The number of piperidine rings is 1. The summed E-state index contributed by atoms with van der Waals surface area (Å²) in [7, 11) is 0. The maximum absolute atomic E-state index is 14.0. The Balaban J connectivity index is 1.40. The molecular formula is C28H28ClFN6O2. The van der Waals surface area contributed by atoms with Gasteiger partial charge in [0, 0.05) is 55.8 Å². The number of halogens is 2. The van der Waals surface area contributed by atoms with E-state index >= 15 is 0 Å². The molecule has 10 heteroatoms. The number of anilines is 1. The second-order valence-electron chi connectivity index (χ2n) is 10.3. The molecule has 0 radical (unpaired) electrons. The van der Waals surface area contributed by atoms with Gasteiger partial charge in [0.1, 0.15) is 11.9 Å². The van der Waals surface area contributed by atoms with Gasteiger partial charge in [0.15, 0.2) is 11.5 Å². The van der Waals surface area contributed by atoms with Crippen molar-refractivity contribution in [3.05, 3.63) is 82.5 Å². The first-order valence-corrected chi connectivity index (χ1v) is 13.0. The van der Waals surface area contributed by atoms with Crippen molar-refractivity contribution in [1.29, 1.82) is 5.26 Å². The molecule has 196 valence electrons. The van der Waals surface area contributed by atoms with Gasteiger partial charge in [0.25, 0.3) is 0 Å². The van der Waals surface area contributed by atoms with E-state index in [9.17, 15) is 14.3 Å². The van der Waals surface area contributed by atoms with Crippen molar-refractivity contribution in [2.24, 2.45) is 17.8 Å². The summed E-state index contributed by atoms with van der Waals surface area (Å²) in [5.74, 6) is -0.938. The molecule has 2 aliphatic rings. The summed E-state index contributed by atoms with van der Waals surface area (Å²) in [6.45, 7) is 5.49. The van der Waals surface area contributed by atoms with Crippen LogP contribution in [0, 0.1) is 34.9 Å². The molecule has 0 spiro atoms. The third-order valence-electron chi connectivity index (χ3n) is 7.97. The molecule has 8 nitrogen and oxygen atoms in total. The molecule has 1 unspecified atom stereocenters. The number of hydrogen-bond donors (Lipinski definition) is 1. The van der Waals surface area contributed by atoms with Crippen LogP contribution in [-0.4, -0.2) is 57.3 Å². The molecule has 0 bridgehead atoms. The normalized spacial score (nSPS) is 27.3. The predicted octanol–water partition coefficient (Wildman–Crippen LogP) is 3.76. The molecule has 5 rings (SSSR count). The van der Waals surface area contributed by atoms with E-state index < -0.39 is 11.5 Å². The minimum Gasteiger partial charge on any atom is -0.384 e. The molecule has 38 heavy (non-hydrogen) atoms. The number of benzene rings is 1. The summed E-state index contributed by atoms with van der Waals surface area (Å²) < 4.78 is 13.5. The largest absolute Gasteiger partial charge is 0.384 e. The number of carbonyl (C=O) groups excluding carboxylic acids is 1. The van der Waals surface area contributed by atoms with Gasteiger partial charge in [-0.2, -0.15) is 5.26 Å². The van der Waals surface area contributed by atoms with Gasteiger partial charge in [-0.05, 0) is 42.0 Å². The van der Waals surface area contributed by atoms with Crippen LogP contribution < -0.4 is 4.90 Å². The highest BCUT2D eigenvalue weighted by Gasteiger charge is 2.49. The average molecular weight is 535 g/mol. The van der Waals surface area contributed by atoms with Gasteiger partial charge in [-0.25, -0.2) is 4.39 Å². The van der Waals surface area contributed by atoms with Crippen LogP contribution in [0.4, 0.5) is 10.2 Å². The molecule has 1 aromatic carbocycles. The highest BCUT2D eigenvalue weighted by Crippen LogP contribution is 2.43. The number of carbonyl (C=O) groups is 1. The number of likely N-dealkylation sites (tertiary alicyclic amines) is 1. The minimum absolute atomic E-state index is 0.0179. The van der Waals surface area contributed by atoms with Crippen molar-refractivity contribution in [2.75, 3.05) is 31.1 Å².